The average Bonchev–Trinajstić information content (AvgIpc) is 2.83. The van der Waals surface area contributed by atoms with E-state index in [1.807, 2.05) is 12.1 Å². The number of furan rings is 1. The molecule has 0 aliphatic rings. The second-order valence-corrected chi connectivity index (χ2v) is 6.36. The topological polar surface area (TPSA) is 34.4 Å². The largest absolute Gasteiger partial charge is 0.461 e. The van der Waals surface area contributed by atoms with Crippen LogP contribution in [0.2, 0.25) is 0 Å². The summed E-state index contributed by atoms with van der Waals surface area (Å²) < 4.78 is 11.1. The molecule has 0 radical (unpaired) electrons. The summed E-state index contributed by atoms with van der Waals surface area (Å²) in [5.74, 6) is 1.10. The van der Waals surface area contributed by atoms with Gasteiger partial charge < -0.3 is 14.5 Å². The Hall–Kier alpha value is -1.32. The van der Waals surface area contributed by atoms with Gasteiger partial charge in [0.1, 0.15) is 11.3 Å². The highest BCUT2D eigenvalue weighted by molar-refractivity contribution is 5.82. The lowest BCUT2D eigenvalue weighted by atomic mass is 9.89. The molecule has 0 saturated carbocycles. The van der Waals surface area contributed by atoms with Gasteiger partial charge in [-0.15, -0.1) is 0 Å². The van der Waals surface area contributed by atoms with Crippen LogP contribution in [0.3, 0.4) is 0 Å². The van der Waals surface area contributed by atoms with E-state index in [-0.39, 0.29) is 5.41 Å². The molecule has 1 heterocycles. The minimum Gasteiger partial charge on any atom is -0.461 e. The van der Waals surface area contributed by atoms with Crippen molar-refractivity contribution in [3.63, 3.8) is 0 Å². The maximum atomic E-state index is 5.94. The molecule has 3 nitrogen and oxygen atoms in total. The van der Waals surface area contributed by atoms with E-state index < -0.39 is 0 Å². The maximum absolute atomic E-state index is 5.94. The van der Waals surface area contributed by atoms with Gasteiger partial charge in [0, 0.05) is 44.2 Å². The molecule has 0 atom stereocenters. The molecule has 2 rings (SSSR count). The Morgan fingerprint density at radius 1 is 1.24 bits per heavy atom. The predicted octanol–water partition coefficient (Wildman–Crippen LogP) is 4.15. The monoisotopic (exact) mass is 289 g/mol. The zero-order valence-electron chi connectivity index (χ0n) is 13.7. The Morgan fingerprint density at radius 2 is 2.00 bits per heavy atom. The number of aryl methyl sites for hydroxylation is 1. The fraction of sp³-hybridized carbons (Fsp3) is 0.556. The van der Waals surface area contributed by atoms with E-state index in [9.17, 15) is 0 Å². The standard InChI is InChI=1S/C18H27NO2/c1-5-16-15(14-8-6-7-9-17(14)21-16)12-19-13-18(2,3)10-11-20-4/h6-9,19H,5,10-13H2,1-4H3. The molecule has 0 saturated heterocycles. The van der Waals surface area contributed by atoms with E-state index in [4.69, 9.17) is 9.15 Å². The van der Waals surface area contributed by atoms with Crippen LogP contribution in [0.4, 0.5) is 0 Å². The van der Waals surface area contributed by atoms with Crippen molar-refractivity contribution in [2.24, 2.45) is 5.41 Å². The second-order valence-electron chi connectivity index (χ2n) is 6.36. The number of ether oxygens (including phenoxy) is 1. The molecule has 116 valence electrons. The Balaban J connectivity index is 2.03. The summed E-state index contributed by atoms with van der Waals surface area (Å²) in [6, 6.07) is 8.28. The van der Waals surface area contributed by atoms with Crippen molar-refractivity contribution in [3.05, 3.63) is 35.6 Å². The van der Waals surface area contributed by atoms with Crippen LogP contribution in [0.5, 0.6) is 0 Å². The third-order valence-corrected chi connectivity index (χ3v) is 3.99. The van der Waals surface area contributed by atoms with Crippen molar-refractivity contribution in [3.8, 4) is 0 Å². The second kappa shape index (κ2) is 7.10. The molecule has 2 aromatic rings. The lowest BCUT2D eigenvalue weighted by Gasteiger charge is -2.24. The molecule has 1 aromatic heterocycles. The SMILES string of the molecule is CCc1oc2ccccc2c1CNCC(C)(C)CCOC. The summed E-state index contributed by atoms with van der Waals surface area (Å²) in [6.45, 7) is 9.32. The van der Waals surface area contributed by atoms with Crippen LogP contribution in [-0.2, 0) is 17.7 Å². The minimum absolute atomic E-state index is 0.238. The van der Waals surface area contributed by atoms with Gasteiger partial charge >= 0.3 is 0 Å². The van der Waals surface area contributed by atoms with Crippen LogP contribution in [0.25, 0.3) is 11.0 Å². The van der Waals surface area contributed by atoms with Crippen LogP contribution in [-0.4, -0.2) is 20.3 Å². The summed E-state index contributed by atoms with van der Waals surface area (Å²) in [7, 11) is 1.76. The number of hydrogen-bond donors (Lipinski definition) is 1. The van der Waals surface area contributed by atoms with Gasteiger partial charge in [0.15, 0.2) is 0 Å². The number of para-hydroxylation sites is 1. The first-order valence-corrected chi connectivity index (χ1v) is 7.76. The number of hydrogen-bond acceptors (Lipinski definition) is 3. The Morgan fingerprint density at radius 3 is 2.71 bits per heavy atom. The zero-order valence-corrected chi connectivity index (χ0v) is 13.7. The van der Waals surface area contributed by atoms with E-state index in [0.717, 1.165) is 43.9 Å². The quantitative estimate of drug-likeness (QED) is 0.793. The van der Waals surface area contributed by atoms with Gasteiger partial charge in [0.25, 0.3) is 0 Å². The first-order chi connectivity index (χ1) is 10.1. The van der Waals surface area contributed by atoms with Crippen LogP contribution < -0.4 is 5.32 Å². The third kappa shape index (κ3) is 4.08. The molecule has 0 aliphatic heterocycles. The molecule has 0 fully saturated rings. The lowest BCUT2D eigenvalue weighted by molar-refractivity contribution is 0.150. The van der Waals surface area contributed by atoms with Gasteiger partial charge in [-0.2, -0.15) is 0 Å². The van der Waals surface area contributed by atoms with Crippen molar-refractivity contribution in [1.82, 2.24) is 5.32 Å². The maximum Gasteiger partial charge on any atom is 0.134 e. The molecule has 0 aliphatic carbocycles. The predicted molar refractivity (Wildman–Crippen MR) is 87.6 cm³/mol. The van der Waals surface area contributed by atoms with Crippen LogP contribution in [0.1, 0.15) is 38.5 Å². The van der Waals surface area contributed by atoms with Crippen molar-refractivity contribution < 1.29 is 9.15 Å². The normalized spacial score (nSPS) is 12.2. The first-order valence-electron chi connectivity index (χ1n) is 7.76. The Bertz CT molecular complexity index is 572. The highest BCUT2D eigenvalue weighted by atomic mass is 16.5. The van der Waals surface area contributed by atoms with E-state index in [1.54, 1.807) is 7.11 Å². The Kier molecular flexibility index (Phi) is 5.43. The van der Waals surface area contributed by atoms with Crippen LogP contribution in [0.15, 0.2) is 28.7 Å². The van der Waals surface area contributed by atoms with Crippen LogP contribution >= 0.6 is 0 Å². The molecule has 1 N–H and O–H groups in total. The molecule has 21 heavy (non-hydrogen) atoms. The number of rotatable bonds is 8. The van der Waals surface area contributed by atoms with Crippen molar-refractivity contribution in [1.29, 1.82) is 0 Å². The van der Waals surface area contributed by atoms with Crippen molar-refractivity contribution in [2.75, 3.05) is 20.3 Å². The number of fused-ring (bicyclic) bond motifs is 1. The summed E-state index contributed by atoms with van der Waals surface area (Å²) in [5, 5.41) is 4.82. The highest BCUT2D eigenvalue weighted by Crippen LogP contribution is 2.26. The van der Waals surface area contributed by atoms with Crippen molar-refractivity contribution >= 4 is 11.0 Å². The summed E-state index contributed by atoms with van der Waals surface area (Å²) in [6.07, 6.45) is 1.99. The summed E-state index contributed by atoms with van der Waals surface area (Å²) in [5.41, 5.74) is 2.53. The summed E-state index contributed by atoms with van der Waals surface area (Å²) >= 11 is 0. The number of benzene rings is 1. The zero-order chi connectivity index (χ0) is 15.3. The molecular formula is C18H27NO2. The van der Waals surface area contributed by atoms with Gasteiger partial charge in [-0.25, -0.2) is 0 Å². The molecule has 1 aromatic carbocycles. The van der Waals surface area contributed by atoms with Gasteiger partial charge in [-0.3, -0.25) is 0 Å². The number of methoxy groups -OCH3 is 1. The average molecular weight is 289 g/mol. The molecular weight excluding hydrogens is 262 g/mol. The van der Waals surface area contributed by atoms with E-state index in [1.165, 1.54) is 10.9 Å². The van der Waals surface area contributed by atoms with E-state index in [0.29, 0.717) is 0 Å². The number of nitrogens with one attached hydrogen (secondary N) is 1. The molecule has 0 unspecified atom stereocenters. The fourth-order valence-electron chi connectivity index (χ4n) is 2.62. The first kappa shape index (κ1) is 16.1. The van der Waals surface area contributed by atoms with Gasteiger partial charge in [-0.05, 0) is 17.9 Å². The fourth-order valence-corrected chi connectivity index (χ4v) is 2.62. The third-order valence-electron chi connectivity index (χ3n) is 3.99. The van der Waals surface area contributed by atoms with Crippen molar-refractivity contribution in [2.45, 2.75) is 40.2 Å². The molecule has 0 spiro atoms. The van der Waals surface area contributed by atoms with Crippen LogP contribution in [0, 0.1) is 5.41 Å². The smallest absolute Gasteiger partial charge is 0.134 e. The lowest BCUT2D eigenvalue weighted by Crippen LogP contribution is -2.30. The van der Waals surface area contributed by atoms with E-state index in [2.05, 4.69) is 38.2 Å². The van der Waals surface area contributed by atoms with E-state index >= 15 is 0 Å². The van der Waals surface area contributed by atoms with Gasteiger partial charge in [0.05, 0.1) is 0 Å². The minimum atomic E-state index is 0.238. The van der Waals surface area contributed by atoms with Gasteiger partial charge in [-0.1, -0.05) is 39.0 Å². The Labute approximate surface area is 127 Å². The molecule has 3 heteroatoms. The highest BCUT2D eigenvalue weighted by Gasteiger charge is 2.18. The molecule has 0 amide bonds. The van der Waals surface area contributed by atoms with Gasteiger partial charge in [0.2, 0.25) is 0 Å². The molecule has 0 bridgehead atoms. The summed E-state index contributed by atoms with van der Waals surface area (Å²) in [4.78, 5) is 0.